The molecule has 3 aromatic rings. The van der Waals surface area contributed by atoms with Gasteiger partial charge in [-0.2, -0.15) is 5.10 Å². The molecule has 0 radical (unpaired) electrons. The van der Waals surface area contributed by atoms with Gasteiger partial charge in [-0.15, -0.1) is 12.4 Å². The van der Waals surface area contributed by atoms with Gasteiger partial charge < -0.3 is 16.4 Å². The number of nitrogens with one attached hydrogen (secondary N) is 4. The first-order valence-electron chi connectivity index (χ1n) is 9.05. The molecule has 0 aliphatic rings. The van der Waals surface area contributed by atoms with Crippen LogP contribution in [0.4, 0.5) is 5.69 Å². The maximum absolute atomic E-state index is 12.0. The molecule has 0 spiro atoms. The maximum atomic E-state index is 12.0. The van der Waals surface area contributed by atoms with E-state index in [4.69, 9.17) is 11.1 Å². The molecule has 1 aromatic heterocycles. The van der Waals surface area contributed by atoms with E-state index in [9.17, 15) is 4.79 Å². The first-order valence-corrected chi connectivity index (χ1v) is 9.05. The van der Waals surface area contributed by atoms with Crippen molar-refractivity contribution in [2.75, 3.05) is 18.4 Å². The highest BCUT2D eigenvalue weighted by molar-refractivity contribution is 5.94. The van der Waals surface area contributed by atoms with Gasteiger partial charge in [0, 0.05) is 29.7 Å². The summed E-state index contributed by atoms with van der Waals surface area (Å²) in [5, 5.41) is 21.7. The molecule has 0 saturated carbocycles. The van der Waals surface area contributed by atoms with Gasteiger partial charge in [-0.1, -0.05) is 30.3 Å². The average Bonchev–Trinajstić information content (AvgIpc) is 2.68. The van der Waals surface area contributed by atoms with E-state index in [1.165, 1.54) is 0 Å². The first kappa shape index (κ1) is 21.2. The molecular formula is C20H25ClN6O. The molecule has 148 valence electrons. The summed E-state index contributed by atoms with van der Waals surface area (Å²) in [6.07, 6.45) is 3.07. The Labute approximate surface area is 169 Å². The number of rotatable bonds is 8. The predicted molar refractivity (Wildman–Crippen MR) is 117 cm³/mol. The third-order valence-electron chi connectivity index (χ3n) is 4.33. The van der Waals surface area contributed by atoms with Crippen LogP contribution in [0.1, 0.15) is 19.3 Å². The summed E-state index contributed by atoms with van der Waals surface area (Å²) in [6.45, 7) is 1.60. The van der Waals surface area contributed by atoms with Crippen molar-refractivity contribution in [1.82, 2.24) is 15.5 Å². The molecule has 0 unspecified atom stereocenters. The van der Waals surface area contributed by atoms with E-state index >= 15 is 0 Å². The number of aromatic nitrogens is 2. The lowest BCUT2D eigenvalue weighted by Gasteiger charge is -2.10. The van der Waals surface area contributed by atoms with Gasteiger partial charge in [0.15, 0.2) is 5.96 Å². The van der Waals surface area contributed by atoms with Crippen LogP contribution in [0.5, 0.6) is 0 Å². The highest BCUT2D eigenvalue weighted by Gasteiger charge is 2.08. The van der Waals surface area contributed by atoms with Crippen molar-refractivity contribution in [3.05, 3.63) is 58.9 Å². The number of H-pyrrole nitrogens is 1. The maximum Gasteiger partial charge on any atom is 0.272 e. The number of guanidine groups is 1. The van der Waals surface area contributed by atoms with E-state index in [-0.39, 0.29) is 23.9 Å². The van der Waals surface area contributed by atoms with Crippen molar-refractivity contribution in [1.29, 1.82) is 5.41 Å². The second-order valence-electron chi connectivity index (χ2n) is 6.36. The Morgan fingerprint density at radius 1 is 1.04 bits per heavy atom. The fourth-order valence-electron chi connectivity index (χ4n) is 2.99. The van der Waals surface area contributed by atoms with Crippen LogP contribution in [0.3, 0.4) is 0 Å². The summed E-state index contributed by atoms with van der Waals surface area (Å²) in [5.74, 6) is 0.0216. The summed E-state index contributed by atoms with van der Waals surface area (Å²) in [6, 6.07) is 15.5. The van der Waals surface area contributed by atoms with Gasteiger partial charge in [0.1, 0.15) is 0 Å². The fourth-order valence-corrected chi connectivity index (χ4v) is 2.99. The van der Waals surface area contributed by atoms with Crippen LogP contribution in [0.25, 0.3) is 22.0 Å². The van der Waals surface area contributed by atoms with E-state index in [0.717, 1.165) is 54.7 Å². The van der Waals surface area contributed by atoms with E-state index in [0.29, 0.717) is 5.39 Å². The number of fused-ring (bicyclic) bond motifs is 1. The lowest BCUT2D eigenvalue weighted by molar-refractivity contribution is 0.678. The second-order valence-corrected chi connectivity index (χ2v) is 6.36. The summed E-state index contributed by atoms with van der Waals surface area (Å²) < 4.78 is 0. The Balaban J connectivity index is 0.00000280. The summed E-state index contributed by atoms with van der Waals surface area (Å²) >= 11 is 0. The van der Waals surface area contributed by atoms with Crippen LogP contribution in [0.2, 0.25) is 0 Å². The van der Waals surface area contributed by atoms with Gasteiger partial charge in [-0.25, -0.2) is 5.10 Å². The standard InChI is InChI=1S/C20H24N6O.ClH/c21-20(22)24-12-5-1-4-11-23-15-8-6-7-14(13-15)18-16-9-2-3-10-17(16)19(27)26-25-18;/h2-3,6-10,13,23H,1,4-5,11-12H2,(H,26,27)(H4,21,22,24);1H. The smallest absolute Gasteiger partial charge is 0.272 e. The van der Waals surface area contributed by atoms with Crippen LogP contribution >= 0.6 is 12.4 Å². The third-order valence-corrected chi connectivity index (χ3v) is 4.33. The summed E-state index contributed by atoms with van der Waals surface area (Å²) in [7, 11) is 0. The van der Waals surface area contributed by atoms with E-state index in [2.05, 4.69) is 20.8 Å². The lowest BCUT2D eigenvalue weighted by atomic mass is 10.0. The lowest BCUT2D eigenvalue weighted by Crippen LogP contribution is -2.30. The molecule has 7 nitrogen and oxygen atoms in total. The molecule has 0 aliphatic carbocycles. The van der Waals surface area contributed by atoms with Crippen LogP contribution in [0, 0.1) is 5.41 Å². The van der Waals surface area contributed by atoms with E-state index in [1.807, 2.05) is 48.5 Å². The SMILES string of the molecule is Cl.N=C(N)NCCCCCNc1cccc(-c2n[nH]c(=O)c3ccccc23)c1. The molecule has 0 fully saturated rings. The minimum Gasteiger partial charge on any atom is -0.385 e. The van der Waals surface area contributed by atoms with Crippen LogP contribution in [0.15, 0.2) is 53.3 Å². The second kappa shape index (κ2) is 10.3. The molecule has 0 atom stereocenters. The molecule has 1 heterocycles. The molecule has 0 saturated heterocycles. The summed E-state index contributed by atoms with van der Waals surface area (Å²) in [4.78, 5) is 12.0. The first-order chi connectivity index (χ1) is 13.1. The van der Waals surface area contributed by atoms with Crippen molar-refractivity contribution in [3.63, 3.8) is 0 Å². The molecule has 0 bridgehead atoms. The number of benzene rings is 2. The number of anilines is 1. The normalized spacial score (nSPS) is 10.3. The number of nitrogens with two attached hydrogens (primary N) is 1. The van der Waals surface area contributed by atoms with E-state index in [1.54, 1.807) is 0 Å². The number of unbranched alkanes of at least 4 members (excludes halogenated alkanes) is 2. The Morgan fingerprint density at radius 3 is 2.57 bits per heavy atom. The van der Waals surface area contributed by atoms with Gasteiger partial charge in [-0.3, -0.25) is 10.2 Å². The summed E-state index contributed by atoms with van der Waals surface area (Å²) in [5.41, 5.74) is 7.82. The molecule has 3 rings (SSSR count). The van der Waals surface area contributed by atoms with Gasteiger partial charge in [0.25, 0.3) is 5.56 Å². The van der Waals surface area contributed by atoms with Crippen LogP contribution in [-0.4, -0.2) is 29.2 Å². The van der Waals surface area contributed by atoms with Gasteiger partial charge in [0.05, 0.1) is 11.1 Å². The van der Waals surface area contributed by atoms with Crippen LogP contribution in [-0.2, 0) is 0 Å². The number of aromatic amines is 1. The Kier molecular flexibility index (Phi) is 7.83. The van der Waals surface area contributed by atoms with Crippen molar-refractivity contribution in [3.8, 4) is 11.3 Å². The van der Waals surface area contributed by atoms with Crippen molar-refractivity contribution >= 4 is 34.8 Å². The van der Waals surface area contributed by atoms with Crippen molar-refractivity contribution in [2.24, 2.45) is 5.73 Å². The number of nitrogens with zero attached hydrogens (tertiary/aromatic N) is 1. The zero-order valence-electron chi connectivity index (χ0n) is 15.5. The minimum absolute atomic E-state index is 0. The van der Waals surface area contributed by atoms with Gasteiger partial charge >= 0.3 is 0 Å². The molecule has 6 N–H and O–H groups in total. The number of hydrogen-bond donors (Lipinski definition) is 5. The number of halogens is 1. The topological polar surface area (TPSA) is 120 Å². The molecule has 0 aliphatic heterocycles. The predicted octanol–water partition coefficient (Wildman–Crippen LogP) is 3.08. The zero-order valence-corrected chi connectivity index (χ0v) is 16.3. The molecule has 0 amide bonds. The highest BCUT2D eigenvalue weighted by Crippen LogP contribution is 2.26. The largest absolute Gasteiger partial charge is 0.385 e. The Bertz CT molecular complexity index is 988. The monoisotopic (exact) mass is 400 g/mol. The number of hydrogen-bond acceptors (Lipinski definition) is 4. The fraction of sp³-hybridized carbons (Fsp3) is 0.250. The molecule has 28 heavy (non-hydrogen) atoms. The van der Waals surface area contributed by atoms with Crippen molar-refractivity contribution in [2.45, 2.75) is 19.3 Å². The van der Waals surface area contributed by atoms with Crippen molar-refractivity contribution < 1.29 is 0 Å². The van der Waals surface area contributed by atoms with E-state index < -0.39 is 0 Å². The molecule has 2 aromatic carbocycles. The zero-order chi connectivity index (χ0) is 19.1. The highest BCUT2D eigenvalue weighted by atomic mass is 35.5. The average molecular weight is 401 g/mol. The Morgan fingerprint density at radius 2 is 1.79 bits per heavy atom. The van der Waals surface area contributed by atoms with Gasteiger partial charge in [0.2, 0.25) is 0 Å². The Hall–Kier alpha value is -3.06. The van der Waals surface area contributed by atoms with Gasteiger partial charge in [-0.05, 0) is 37.5 Å². The van der Waals surface area contributed by atoms with Crippen LogP contribution < -0.4 is 21.9 Å². The third kappa shape index (κ3) is 5.47. The molecular weight excluding hydrogens is 376 g/mol. The quantitative estimate of drug-likeness (QED) is 0.226. The molecule has 8 heteroatoms. The minimum atomic E-state index is -0.178.